The first-order valence-electron chi connectivity index (χ1n) is 6.08. The Kier molecular flexibility index (Phi) is 4.52. The third-order valence-electron chi connectivity index (χ3n) is 2.70. The third-order valence-corrected chi connectivity index (χ3v) is 3.52. The summed E-state index contributed by atoms with van der Waals surface area (Å²) in [5.74, 6) is 0.780. The molecule has 0 saturated heterocycles. The SMILES string of the molecule is CCC(=NO)c1ccc(OCc2csc(C)n2)cc1. The van der Waals surface area contributed by atoms with Crippen molar-refractivity contribution >= 4 is 17.0 Å². The molecular weight excluding hydrogens is 260 g/mol. The standard InChI is InChI=1S/C14H16N2O2S/c1-3-14(16-17)11-4-6-13(7-5-11)18-8-12-9-19-10(2)15-12/h4-7,9,17H,3,8H2,1-2H3. The number of hydrogen-bond donors (Lipinski definition) is 1. The molecule has 0 radical (unpaired) electrons. The number of thiazole rings is 1. The van der Waals surface area contributed by atoms with Crippen LogP contribution in [0.4, 0.5) is 0 Å². The van der Waals surface area contributed by atoms with Crippen LogP contribution in [0.2, 0.25) is 0 Å². The number of ether oxygens (including phenoxy) is 1. The lowest BCUT2D eigenvalue weighted by Crippen LogP contribution is -2.00. The molecule has 100 valence electrons. The number of oxime groups is 1. The molecule has 0 atom stereocenters. The summed E-state index contributed by atoms with van der Waals surface area (Å²) in [4.78, 5) is 4.34. The fourth-order valence-corrected chi connectivity index (χ4v) is 2.31. The Morgan fingerprint density at radius 3 is 2.63 bits per heavy atom. The summed E-state index contributed by atoms with van der Waals surface area (Å²) < 4.78 is 5.65. The van der Waals surface area contributed by atoms with Gasteiger partial charge in [0.25, 0.3) is 0 Å². The summed E-state index contributed by atoms with van der Waals surface area (Å²) in [7, 11) is 0. The van der Waals surface area contributed by atoms with Gasteiger partial charge in [-0.3, -0.25) is 0 Å². The van der Waals surface area contributed by atoms with Gasteiger partial charge in [-0.15, -0.1) is 11.3 Å². The van der Waals surface area contributed by atoms with Crippen LogP contribution in [0.3, 0.4) is 0 Å². The van der Waals surface area contributed by atoms with Gasteiger partial charge in [0.1, 0.15) is 12.4 Å². The largest absolute Gasteiger partial charge is 0.487 e. The van der Waals surface area contributed by atoms with Gasteiger partial charge in [0.15, 0.2) is 0 Å². The van der Waals surface area contributed by atoms with Crippen LogP contribution in [-0.2, 0) is 6.61 Å². The second kappa shape index (κ2) is 6.33. The number of hydrogen-bond acceptors (Lipinski definition) is 5. The minimum atomic E-state index is 0.471. The molecule has 0 fully saturated rings. The van der Waals surface area contributed by atoms with E-state index in [0.29, 0.717) is 18.7 Å². The van der Waals surface area contributed by atoms with Crippen molar-refractivity contribution in [1.82, 2.24) is 4.98 Å². The van der Waals surface area contributed by atoms with Gasteiger partial charge in [-0.2, -0.15) is 0 Å². The van der Waals surface area contributed by atoms with Crippen molar-refractivity contribution in [2.24, 2.45) is 5.16 Å². The molecule has 0 aliphatic heterocycles. The van der Waals surface area contributed by atoms with Gasteiger partial charge in [-0.25, -0.2) is 4.98 Å². The molecule has 19 heavy (non-hydrogen) atoms. The van der Waals surface area contributed by atoms with Crippen LogP contribution < -0.4 is 4.74 Å². The van der Waals surface area contributed by atoms with E-state index in [-0.39, 0.29) is 0 Å². The zero-order valence-electron chi connectivity index (χ0n) is 11.0. The van der Waals surface area contributed by atoms with E-state index < -0.39 is 0 Å². The first-order valence-corrected chi connectivity index (χ1v) is 6.96. The molecule has 0 bridgehead atoms. The molecule has 5 heteroatoms. The van der Waals surface area contributed by atoms with Crippen LogP contribution in [0.15, 0.2) is 34.8 Å². The Morgan fingerprint density at radius 1 is 1.37 bits per heavy atom. The molecule has 0 aliphatic carbocycles. The average Bonchev–Trinajstić information content (AvgIpc) is 2.85. The molecule has 1 aromatic heterocycles. The lowest BCUT2D eigenvalue weighted by Gasteiger charge is -2.06. The monoisotopic (exact) mass is 276 g/mol. The minimum absolute atomic E-state index is 0.471. The van der Waals surface area contributed by atoms with Gasteiger partial charge in [-0.05, 0) is 43.2 Å². The second-order valence-corrected chi connectivity index (χ2v) is 5.13. The van der Waals surface area contributed by atoms with Crippen LogP contribution in [0.5, 0.6) is 5.75 Å². The highest BCUT2D eigenvalue weighted by atomic mass is 32.1. The first kappa shape index (κ1) is 13.5. The Bertz CT molecular complexity index is 561. The molecular formula is C14H16N2O2S. The second-order valence-electron chi connectivity index (χ2n) is 4.07. The molecule has 1 heterocycles. The van der Waals surface area contributed by atoms with E-state index in [4.69, 9.17) is 9.94 Å². The van der Waals surface area contributed by atoms with Crippen LogP contribution >= 0.6 is 11.3 Å². The third kappa shape index (κ3) is 3.54. The fourth-order valence-electron chi connectivity index (χ4n) is 1.71. The quantitative estimate of drug-likeness (QED) is 0.515. The summed E-state index contributed by atoms with van der Waals surface area (Å²) in [5, 5.41) is 15.2. The van der Waals surface area contributed by atoms with E-state index in [1.54, 1.807) is 11.3 Å². The number of aromatic nitrogens is 1. The van der Waals surface area contributed by atoms with E-state index >= 15 is 0 Å². The zero-order valence-corrected chi connectivity index (χ0v) is 11.8. The molecule has 0 saturated carbocycles. The van der Waals surface area contributed by atoms with E-state index in [0.717, 1.165) is 22.0 Å². The van der Waals surface area contributed by atoms with Crippen LogP contribution in [0.1, 0.15) is 29.6 Å². The van der Waals surface area contributed by atoms with E-state index in [2.05, 4.69) is 10.1 Å². The first-order chi connectivity index (χ1) is 9.22. The predicted octanol–water partition coefficient (Wildman–Crippen LogP) is 3.62. The average molecular weight is 276 g/mol. The summed E-state index contributed by atoms with van der Waals surface area (Å²) in [6, 6.07) is 7.52. The number of benzene rings is 1. The number of nitrogens with zero attached hydrogens (tertiary/aromatic N) is 2. The Hall–Kier alpha value is -1.88. The van der Waals surface area contributed by atoms with E-state index in [1.165, 1.54) is 0 Å². The normalized spacial score (nSPS) is 11.6. The lowest BCUT2D eigenvalue weighted by atomic mass is 10.1. The Balaban J connectivity index is 1.99. The number of rotatable bonds is 5. The summed E-state index contributed by atoms with van der Waals surface area (Å²) in [5.41, 5.74) is 2.52. The maximum absolute atomic E-state index is 8.85. The molecule has 0 aliphatic rings. The molecule has 0 amide bonds. The highest BCUT2D eigenvalue weighted by molar-refractivity contribution is 7.09. The molecule has 2 aromatic rings. The minimum Gasteiger partial charge on any atom is -0.487 e. The van der Waals surface area contributed by atoms with Crippen molar-refractivity contribution in [3.63, 3.8) is 0 Å². The molecule has 0 spiro atoms. The molecule has 2 rings (SSSR count). The molecule has 1 N–H and O–H groups in total. The summed E-state index contributed by atoms with van der Waals surface area (Å²) in [6.07, 6.45) is 0.689. The van der Waals surface area contributed by atoms with E-state index in [9.17, 15) is 0 Å². The Morgan fingerprint density at radius 2 is 2.11 bits per heavy atom. The maximum atomic E-state index is 8.85. The van der Waals surface area contributed by atoms with Gasteiger partial charge in [-0.1, -0.05) is 12.1 Å². The van der Waals surface area contributed by atoms with Crippen molar-refractivity contribution < 1.29 is 9.94 Å². The van der Waals surface area contributed by atoms with Gasteiger partial charge >= 0.3 is 0 Å². The Labute approximate surface area is 116 Å². The van der Waals surface area contributed by atoms with Gasteiger partial charge in [0.2, 0.25) is 0 Å². The number of aryl methyl sites for hydroxylation is 1. The van der Waals surface area contributed by atoms with Crippen molar-refractivity contribution in [2.75, 3.05) is 0 Å². The van der Waals surface area contributed by atoms with Crippen molar-refractivity contribution in [3.05, 3.63) is 45.9 Å². The van der Waals surface area contributed by atoms with Crippen LogP contribution in [0.25, 0.3) is 0 Å². The summed E-state index contributed by atoms with van der Waals surface area (Å²) in [6.45, 7) is 4.39. The van der Waals surface area contributed by atoms with Gasteiger partial charge in [0, 0.05) is 5.38 Å². The predicted molar refractivity (Wildman–Crippen MR) is 76.2 cm³/mol. The summed E-state index contributed by atoms with van der Waals surface area (Å²) >= 11 is 1.62. The topological polar surface area (TPSA) is 54.7 Å². The zero-order chi connectivity index (χ0) is 13.7. The van der Waals surface area contributed by atoms with Gasteiger partial charge in [0.05, 0.1) is 16.4 Å². The van der Waals surface area contributed by atoms with Crippen LogP contribution in [0, 0.1) is 6.92 Å². The molecule has 1 aromatic carbocycles. The van der Waals surface area contributed by atoms with Crippen molar-refractivity contribution in [1.29, 1.82) is 0 Å². The fraction of sp³-hybridized carbons (Fsp3) is 0.286. The van der Waals surface area contributed by atoms with E-state index in [1.807, 2.05) is 43.5 Å². The van der Waals surface area contributed by atoms with Gasteiger partial charge < -0.3 is 9.94 Å². The van der Waals surface area contributed by atoms with Crippen molar-refractivity contribution in [2.45, 2.75) is 26.9 Å². The maximum Gasteiger partial charge on any atom is 0.131 e. The highest BCUT2D eigenvalue weighted by Gasteiger charge is 2.03. The molecule has 0 unspecified atom stereocenters. The lowest BCUT2D eigenvalue weighted by molar-refractivity contribution is 0.302. The highest BCUT2D eigenvalue weighted by Crippen LogP contribution is 2.16. The van der Waals surface area contributed by atoms with Crippen molar-refractivity contribution in [3.8, 4) is 5.75 Å². The smallest absolute Gasteiger partial charge is 0.131 e. The molecule has 4 nitrogen and oxygen atoms in total. The van der Waals surface area contributed by atoms with Crippen LogP contribution in [-0.4, -0.2) is 15.9 Å².